The zero-order valence-electron chi connectivity index (χ0n) is 17.2. The molecule has 0 unspecified atom stereocenters. The molecule has 0 spiro atoms. The number of aromatic nitrogens is 2. The molecule has 1 aliphatic rings. The summed E-state index contributed by atoms with van der Waals surface area (Å²) >= 11 is 3.51. The third-order valence-corrected chi connectivity index (χ3v) is 5.91. The van der Waals surface area contributed by atoms with E-state index in [-0.39, 0.29) is 17.6 Å². The van der Waals surface area contributed by atoms with Crippen LogP contribution in [0.15, 0.2) is 45.4 Å². The van der Waals surface area contributed by atoms with Crippen molar-refractivity contribution < 1.29 is 14.1 Å². The number of amides is 2. The van der Waals surface area contributed by atoms with E-state index in [4.69, 9.17) is 4.52 Å². The number of piperazine rings is 1. The van der Waals surface area contributed by atoms with Crippen molar-refractivity contribution in [3.8, 4) is 5.69 Å². The third-order valence-electron chi connectivity index (χ3n) is 5.42. The first-order valence-corrected chi connectivity index (χ1v) is 10.6. The lowest BCUT2D eigenvalue weighted by molar-refractivity contribution is 0.0512. The standard InChI is InChI=1S/C22H23BrN4O3/c1-14-11-20(30-24-14)22(29)26-9-7-25(8-10-26)21(28)19-12-15(2)27(16(19)3)18-6-4-5-17(23)13-18/h4-6,11-13H,7-10H2,1-3H3. The van der Waals surface area contributed by atoms with E-state index in [9.17, 15) is 9.59 Å². The lowest BCUT2D eigenvalue weighted by Gasteiger charge is -2.34. The molecule has 8 heteroatoms. The summed E-state index contributed by atoms with van der Waals surface area (Å²) in [5, 5.41) is 3.77. The molecule has 0 aliphatic carbocycles. The Labute approximate surface area is 183 Å². The van der Waals surface area contributed by atoms with Crippen molar-refractivity contribution in [3.63, 3.8) is 0 Å². The van der Waals surface area contributed by atoms with Gasteiger partial charge in [0.1, 0.15) is 0 Å². The molecule has 1 aliphatic heterocycles. The van der Waals surface area contributed by atoms with Crippen LogP contribution in [0.2, 0.25) is 0 Å². The average Bonchev–Trinajstić information content (AvgIpc) is 3.29. The Hall–Kier alpha value is -2.87. The Balaban J connectivity index is 1.48. The summed E-state index contributed by atoms with van der Waals surface area (Å²) in [5.74, 6) is 0.0485. The van der Waals surface area contributed by atoms with Gasteiger partial charge in [-0.25, -0.2) is 0 Å². The molecule has 0 saturated carbocycles. The SMILES string of the molecule is Cc1cc(C(=O)N2CCN(C(=O)c3cc(C)n(-c4cccc(Br)c4)c3C)CC2)on1. The van der Waals surface area contributed by atoms with Gasteiger partial charge in [0.2, 0.25) is 5.76 Å². The van der Waals surface area contributed by atoms with Gasteiger partial charge < -0.3 is 18.9 Å². The number of carbonyl (C=O) groups is 2. The van der Waals surface area contributed by atoms with E-state index in [1.54, 1.807) is 17.9 Å². The van der Waals surface area contributed by atoms with Gasteiger partial charge in [0.05, 0.1) is 11.3 Å². The zero-order valence-corrected chi connectivity index (χ0v) is 18.8. The Morgan fingerprint density at radius 3 is 2.23 bits per heavy atom. The summed E-state index contributed by atoms with van der Waals surface area (Å²) in [6, 6.07) is 11.6. The van der Waals surface area contributed by atoms with Crippen molar-refractivity contribution >= 4 is 27.7 Å². The second-order valence-corrected chi connectivity index (χ2v) is 8.43. The van der Waals surface area contributed by atoms with E-state index in [2.05, 4.69) is 25.7 Å². The maximum Gasteiger partial charge on any atom is 0.292 e. The normalized spacial score (nSPS) is 14.3. The topological polar surface area (TPSA) is 71.6 Å². The van der Waals surface area contributed by atoms with Crippen LogP contribution in [0, 0.1) is 20.8 Å². The summed E-state index contributed by atoms with van der Waals surface area (Å²) in [4.78, 5) is 29.2. The van der Waals surface area contributed by atoms with Crippen molar-refractivity contribution in [2.24, 2.45) is 0 Å². The van der Waals surface area contributed by atoms with Gasteiger partial charge >= 0.3 is 0 Å². The number of halogens is 1. The monoisotopic (exact) mass is 470 g/mol. The lowest BCUT2D eigenvalue weighted by Crippen LogP contribution is -2.50. The fourth-order valence-electron chi connectivity index (χ4n) is 3.90. The second-order valence-electron chi connectivity index (χ2n) is 7.52. The molecule has 30 heavy (non-hydrogen) atoms. The Kier molecular flexibility index (Phi) is 5.51. The van der Waals surface area contributed by atoms with Crippen LogP contribution in [0.1, 0.15) is 38.0 Å². The predicted octanol–water partition coefficient (Wildman–Crippen LogP) is 3.75. The number of nitrogens with zero attached hydrogens (tertiary/aromatic N) is 4. The molecular weight excluding hydrogens is 448 g/mol. The Morgan fingerprint density at radius 1 is 0.967 bits per heavy atom. The van der Waals surface area contributed by atoms with Gasteiger partial charge in [0, 0.05) is 53.8 Å². The van der Waals surface area contributed by atoms with Crippen molar-refractivity contribution in [1.82, 2.24) is 19.5 Å². The number of carbonyl (C=O) groups excluding carboxylic acids is 2. The summed E-state index contributed by atoms with van der Waals surface area (Å²) in [6.07, 6.45) is 0. The van der Waals surface area contributed by atoms with E-state index in [0.29, 0.717) is 37.4 Å². The lowest BCUT2D eigenvalue weighted by atomic mass is 10.2. The van der Waals surface area contributed by atoms with Gasteiger partial charge in [-0.1, -0.05) is 27.2 Å². The third kappa shape index (κ3) is 3.79. The van der Waals surface area contributed by atoms with Crippen LogP contribution in [0.3, 0.4) is 0 Å². The molecule has 0 bridgehead atoms. The molecule has 0 N–H and O–H groups in total. The smallest absolute Gasteiger partial charge is 0.292 e. The largest absolute Gasteiger partial charge is 0.351 e. The average molecular weight is 471 g/mol. The summed E-state index contributed by atoms with van der Waals surface area (Å²) in [5.41, 5.74) is 4.29. The van der Waals surface area contributed by atoms with Crippen LogP contribution in [-0.4, -0.2) is 57.5 Å². The molecule has 3 heterocycles. The first kappa shape index (κ1) is 20.4. The first-order valence-electron chi connectivity index (χ1n) is 9.82. The van der Waals surface area contributed by atoms with Crippen LogP contribution >= 0.6 is 15.9 Å². The van der Waals surface area contributed by atoms with Gasteiger partial charge in [0.15, 0.2) is 0 Å². The molecule has 1 saturated heterocycles. The molecule has 0 radical (unpaired) electrons. The number of rotatable bonds is 3. The highest BCUT2D eigenvalue weighted by atomic mass is 79.9. The highest BCUT2D eigenvalue weighted by Gasteiger charge is 2.29. The fourth-order valence-corrected chi connectivity index (χ4v) is 4.28. The van der Waals surface area contributed by atoms with Crippen molar-refractivity contribution in [3.05, 3.63) is 69.3 Å². The molecule has 2 amide bonds. The summed E-state index contributed by atoms with van der Waals surface area (Å²) in [6.45, 7) is 7.65. The molecule has 156 valence electrons. The molecular formula is C22H23BrN4O3. The summed E-state index contributed by atoms with van der Waals surface area (Å²) < 4.78 is 8.15. The van der Waals surface area contributed by atoms with E-state index < -0.39 is 0 Å². The van der Waals surface area contributed by atoms with Crippen LogP contribution in [0.25, 0.3) is 5.69 Å². The molecule has 4 rings (SSSR count). The molecule has 7 nitrogen and oxygen atoms in total. The van der Waals surface area contributed by atoms with Gasteiger partial charge in [-0.2, -0.15) is 0 Å². The number of hydrogen-bond donors (Lipinski definition) is 0. The van der Waals surface area contributed by atoms with Gasteiger partial charge in [0.25, 0.3) is 11.8 Å². The van der Waals surface area contributed by atoms with Crippen LogP contribution in [0.5, 0.6) is 0 Å². The Morgan fingerprint density at radius 2 is 1.63 bits per heavy atom. The molecule has 3 aromatic rings. The molecule has 1 fully saturated rings. The molecule has 0 atom stereocenters. The number of hydrogen-bond acceptors (Lipinski definition) is 4. The zero-order chi connectivity index (χ0) is 21.4. The predicted molar refractivity (Wildman–Crippen MR) is 116 cm³/mol. The van der Waals surface area contributed by atoms with E-state index in [1.165, 1.54) is 0 Å². The van der Waals surface area contributed by atoms with Crippen LogP contribution in [-0.2, 0) is 0 Å². The highest BCUT2D eigenvalue weighted by Crippen LogP contribution is 2.24. The molecule has 2 aromatic heterocycles. The Bertz CT molecular complexity index is 1110. The van der Waals surface area contributed by atoms with Crippen molar-refractivity contribution in [2.75, 3.05) is 26.2 Å². The minimum Gasteiger partial charge on any atom is -0.351 e. The minimum absolute atomic E-state index is 0.00745. The fraction of sp³-hybridized carbons (Fsp3) is 0.318. The van der Waals surface area contributed by atoms with Gasteiger partial charge in [-0.3, -0.25) is 9.59 Å². The van der Waals surface area contributed by atoms with Crippen LogP contribution < -0.4 is 0 Å². The number of aryl methyl sites for hydroxylation is 2. The van der Waals surface area contributed by atoms with Gasteiger partial charge in [-0.15, -0.1) is 0 Å². The second kappa shape index (κ2) is 8.10. The van der Waals surface area contributed by atoms with E-state index >= 15 is 0 Å². The summed E-state index contributed by atoms with van der Waals surface area (Å²) in [7, 11) is 0. The quantitative estimate of drug-likeness (QED) is 0.584. The van der Waals surface area contributed by atoms with Crippen molar-refractivity contribution in [1.29, 1.82) is 0 Å². The van der Waals surface area contributed by atoms with E-state index in [1.807, 2.05) is 49.1 Å². The van der Waals surface area contributed by atoms with Crippen molar-refractivity contribution in [2.45, 2.75) is 20.8 Å². The maximum absolute atomic E-state index is 13.2. The highest BCUT2D eigenvalue weighted by molar-refractivity contribution is 9.10. The van der Waals surface area contributed by atoms with Gasteiger partial charge in [-0.05, 0) is 45.0 Å². The first-order chi connectivity index (χ1) is 14.3. The molecule has 1 aromatic carbocycles. The number of benzene rings is 1. The van der Waals surface area contributed by atoms with Crippen LogP contribution in [0.4, 0.5) is 0 Å². The van der Waals surface area contributed by atoms with E-state index in [0.717, 1.165) is 21.5 Å². The maximum atomic E-state index is 13.2. The minimum atomic E-state index is -0.185.